The number of hydrogen-bond acceptors (Lipinski definition) is 2. The Hall–Kier alpha value is -1.21. The van der Waals surface area contributed by atoms with Crippen LogP contribution in [0.5, 0.6) is 0 Å². The molecule has 0 spiro atoms. The van der Waals surface area contributed by atoms with Crippen molar-refractivity contribution in [3.05, 3.63) is 35.1 Å². The zero-order valence-electron chi connectivity index (χ0n) is 10.2. The van der Waals surface area contributed by atoms with Gasteiger partial charge in [-0.2, -0.15) is 5.26 Å². The van der Waals surface area contributed by atoms with Crippen LogP contribution in [0.1, 0.15) is 31.9 Å². The first-order chi connectivity index (χ1) is 7.95. The zero-order chi connectivity index (χ0) is 13.0. The first-order valence-electron chi connectivity index (χ1n) is 5.51. The van der Waals surface area contributed by atoms with Crippen LogP contribution in [-0.4, -0.2) is 9.46 Å². The van der Waals surface area contributed by atoms with Gasteiger partial charge < -0.3 is 0 Å². The maximum Gasteiger partial charge on any atom is 0.123 e. The van der Waals surface area contributed by atoms with Gasteiger partial charge in [-0.1, -0.05) is 20.8 Å². The normalized spacial score (nSPS) is 14.4. The summed E-state index contributed by atoms with van der Waals surface area (Å²) in [5.41, 5.74) is 0.925. The van der Waals surface area contributed by atoms with Gasteiger partial charge in [-0.15, -0.1) is 0 Å². The second kappa shape index (κ2) is 5.92. The van der Waals surface area contributed by atoms with Crippen molar-refractivity contribution in [1.29, 1.82) is 5.26 Å². The van der Waals surface area contributed by atoms with E-state index in [1.54, 1.807) is 0 Å². The van der Waals surface area contributed by atoms with Crippen LogP contribution in [-0.2, 0) is 16.6 Å². The van der Waals surface area contributed by atoms with Gasteiger partial charge in [-0.3, -0.25) is 4.21 Å². The maximum atomic E-state index is 13.1. The van der Waals surface area contributed by atoms with Gasteiger partial charge in [0.2, 0.25) is 0 Å². The summed E-state index contributed by atoms with van der Waals surface area (Å²) < 4.78 is 25.1. The molecule has 2 atom stereocenters. The first-order valence-corrected chi connectivity index (χ1v) is 6.89. The van der Waals surface area contributed by atoms with Gasteiger partial charge in [0, 0.05) is 16.0 Å². The van der Waals surface area contributed by atoms with E-state index in [1.807, 2.05) is 26.8 Å². The molecule has 1 aromatic rings. The Labute approximate surface area is 104 Å². The fourth-order valence-electron chi connectivity index (χ4n) is 1.38. The molecule has 0 saturated heterocycles. The van der Waals surface area contributed by atoms with E-state index in [1.165, 1.54) is 18.2 Å². The predicted octanol–water partition coefficient (Wildman–Crippen LogP) is 2.99. The van der Waals surface area contributed by atoms with E-state index in [2.05, 4.69) is 0 Å². The van der Waals surface area contributed by atoms with Crippen LogP contribution in [0.25, 0.3) is 0 Å². The van der Waals surface area contributed by atoms with Crippen molar-refractivity contribution in [1.82, 2.24) is 0 Å². The summed E-state index contributed by atoms with van der Waals surface area (Å²) in [7, 11) is -1.08. The van der Waals surface area contributed by atoms with Crippen LogP contribution < -0.4 is 0 Å². The smallest absolute Gasteiger partial charge is 0.123 e. The molecule has 0 radical (unpaired) electrons. The third-order valence-corrected chi connectivity index (χ3v) is 4.81. The Morgan fingerprint density at radius 2 is 2.06 bits per heavy atom. The monoisotopic (exact) mass is 253 g/mol. The Kier molecular flexibility index (Phi) is 4.83. The van der Waals surface area contributed by atoms with Crippen molar-refractivity contribution in [2.45, 2.75) is 31.8 Å². The molecule has 0 bridgehead atoms. The molecule has 2 unspecified atom stereocenters. The van der Waals surface area contributed by atoms with E-state index in [-0.39, 0.29) is 11.0 Å². The Bertz CT molecular complexity index is 465. The number of rotatable bonds is 4. The minimum Gasteiger partial charge on any atom is -0.259 e. The lowest BCUT2D eigenvalue weighted by atomic mass is 10.1. The topological polar surface area (TPSA) is 40.9 Å². The molecule has 2 nitrogen and oxygen atoms in total. The minimum absolute atomic E-state index is 0.0322. The molecule has 0 saturated carbocycles. The summed E-state index contributed by atoms with van der Waals surface area (Å²) in [5, 5.41) is 8.93. The van der Waals surface area contributed by atoms with Gasteiger partial charge in [-0.05, 0) is 29.7 Å². The number of nitriles is 1. The van der Waals surface area contributed by atoms with Gasteiger partial charge in [0.15, 0.2) is 0 Å². The molecule has 92 valence electrons. The summed E-state index contributed by atoms with van der Waals surface area (Å²) in [6.07, 6.45) is 0. The van der Waals surface area contributed by atoms with Crippen molar-refractivity contribution in [2.75, 3.05) is 0 Å². The van der Waals surface area contributed by atoms with Crippen molar-refractivity contribution >= 4 is 10.8 Å². The summed E-state index contributed by atoms with van der Waals surface area (Å²) >= 11 is 0. The van der Waals surface area contributed by atoms with Gasteiger partial charge in [-0.25, -0.2) is 4.39 Å². The average Bonchev–Trinajstić information content (AvgIpc) is 2.28. The molecule has 0 aliphatic carbocycles. The van der Waals surface area contributed by atoms with E-state index < -0.39 is 16.6 Å². The highest BCUT2D eigenvalue weighted by atomic mass is 32.2. The zero-order valence-corrected chi connectivity index (χ0v) is 11.1. The van der Waals surface area contributed by atoms with E-state index in [9.17, 15) is 8.60 Å². The lowest BCUT2D eigenvalue weighted by Crippen LogP contribution is -2.19. The Morgan fingerprint density at radius 1 is 1.41 bits per heavy atom. The molecule has 0 amide bonds. The van der Waals surface area contributed by atoms with Crippen LogP contribution in [0.4, 0.5) is 4.39 Å². The molecule has 1 rings (SSSR count). The van der Waals surface area contributed by atoms with E-state index in [4.69, 9.17) is 5.26 Å². The molecule has 17 heavy (non-hydrogen) atoms. The van der Waals surface area contributed by atoms with Crippen molar-refractivity contribution in [3.63, 3.8) is 0 Å². The predicted molar refractivity (Wildman–Crippen MR) is 67.3 cm³/mol. The largest absolute Gasteiger partial charge is 0.259 e. The fraction of sp³-hybridized carbons (Fsp3) is 0.462. The standard InChI is InChI=1S/C13H16FNOS/c1-9(2)10(3)17(16)8-12-6-13(14)5-4-11(12)7-15/h4-6,9-10H,8H2,1-3H3. The van der Waals surface area contributed by atoms with E-state index in [0.29, 0.717) is 17.0 Å². The highest BCUT2D eigenvalue weighted by Gasteiger charge is 2.17. The van der Waals surface area contributed by atoms with Gasteiger partial charge >= 0.3 is 0 Å². The number of benzene rings is 1. The van der Waals surface area contributed by atoms with Crippen LogP contribution in [0.3, 0.4) is 0 Å². The quantitative estimate of drug-likeness (QED) is 0.827. The Balaban J connectivity index is 2.92. The highest BCUT2D eigenvalue weighted by molar-refractivity contribution is 7.84. The molecule has 0 aromatic heterocycles. The number of halogens is 1. The van der Waals surface area contributed by atoms with Crippen LogP contribution >= 0.6 is 0 Å². The summed E-state index contributed by atoms with van der Waals surface area (Å²) in [6, 6.07) is 5.97. The van der Waals surface area contributed by atoms with Gasteiger partial charge in [0.05, 0.1) is 17.4 Å². The third-order valence-electron chi connectivity index (χ3n) is 2.84. The highest BCUT2D eigenvalue weighted by Crippen LogP contribution is 2.17. The van der Waals surface area contributed by atoms with Gasteiger partial charge in [0.25, 0.3) is 0 Å². The van der Waals surface area contributed by atoms with Crippen LogP contribution in [0, 0.1) is 23.1 Å². The number of nitrogens with zero attached hydrogens (tertiary/aromatic N) is 1. The molecule has 0 fully saturated rings. The number of hydrogen-bond donors (Lipinski definition) is 0. The Morgan fingerprint density at radius 3 is 2.59 bits per heavy atom. The SMILES string of the molecule is CC(C)C(C)S(=O)Cc1cc(F)ccc1C#N. The fourth-order valence-corrected chi connectivity index (χ4v) is 2.79. The van der Waals surface area contributed by atoms with Crippen molar-refractivity contribution in [2.24, 2.45) is 5.92 Å². The molecular weight excluding hydrogens is 237 g/mol. The van der Waals surface area contributed by atoms with E-state index >= 15 is 0 Å². The van der Waals surface area contributed by atoms with Crippen molar-refractivity contribution < 1.29 is 8.60 Å². The van der Waals surface area contributed by atoms with E-state index in [0.717, 1.165) is 0 Å². The third kappa shape index (κ3) is 3.64. The van der Waals surface area contributed by atoms with Gasteiger partial charge in [0.1, 0.15) is 5.82 Å². The molecular formula is C13H16FNOS. The lowest BCUT2D eigenvalue weighted by Gasteiger charge is -2.15. The lowest BCUT2D eigenvalue weighted by molar-refractivity contribution is 0.604. The molecule has 0 aliphatic rings. The first kappa shape index (κ1) is 13.9. The minimum atomic E-state index is -1.08. The molecule has 1 aromatic carbocycles. The second-order valence-corrected chi connectivity index (χ2v) is 6.18. The van der Waals surface area contributed by atoms with Crippen LogP contribution in [0.2, 0.25) is 0 Å². The summed E-state index contributed by atoms with van der Waals surface area (Å²) in [6.45, 7) is 5.91. The summed E-state index contributed by atoms with van der Waals surface area (Å²) in [4.78, 5) is 0. The maximum absolute atomic E-state index is 13.1. The second-order valence-electron chi connectivity index (χ2n) is 4.39. The molecule has 4 heteroatoms. The summed E-state index contributed by atoms with van der Waals surface area (Å²) in [5.74, 6) is 0.142. The average molecular weight is 253 g/mol. The van der Waals surface area contributed by atoms with Crippen LogP contribution in [0.15, 0.2) is 18.2 Å². The molecule has 0 heterocycles. The molecule has 0 aliphatic heterocycles. The van der Waals surface area contributed by atoms with Crippen molar-refractivity contribution in [3.8, 4) is 6.07 Å². The molecule has 0 N–H and O–H groups in total.